The van der Waals surface area contributed by atoms with Crippen LogP contribution >= 0.6 is 0 Å². The number of benzene rings is 1. The smallest absolute Gasteiger partial charge is 0.159 e. The topological polar surface area (TPSA) is 61.4 Å². The molecule has 2 heterocycles. The number of Topliss-reactive ketones (excluding diaryl/α,β-unsaturated/α-hetero) is 1. The van der Waals surface area contributed by atoms with Crippen LogP contribution in [0.1, 0.15) is 30.0 Å². The number of aryl methyl sites for hydroxylation is 1. The van der Waals surface area contributed by atoms with Crippen LogP contribution in [0.3, 0.4) is 0 Å². The largest absolute Gasteiger partial charge is 0.354 e. The van der Waals surface area contributed by atoms with Gasteiger partial charge in [-0.25, -0.2) is 9.97 Å². The van der Waals surface area contributed by atoms with Gasteiger partial charge >= 0.3 is 0 Å². The van der Waals surface area contributed by atoms with Gasteiger partial charge in [0, 0.05) is 43.5 Å². The maximum Gasteiger partial charge on any atom is 0.159 e. The lowest BCUT2D eigenvalue weighted by Gasteiger charge is -2.34. The number of rotatable bonds is 5. The fourth-order valence-corrected chi connectivity index (χ4v) is 3.03. The standard InChI is InChI=1S/C19H25N5O/c1-4-23-8-10-24(11-9-23)19-13-18(20-15(3)21-19)22-17-7-5-6-16(12-17)14(2)25/h5-7,12-13H,4,8-11H2,1-3H3,(H,20,21,22). The summed E-state index contributed by atoms with van der Waals surface area (Å²) < 4.78 is 0. The molecular weight excluding hydrogens is 314 g/mol. The number of nitrogens with zero attached hydrogens (tertiary/aromatic N) is 4. The highest BCUT2D eigenvalue weighted by molar-refractivity contribution is 5.95. The molecule has 1 N–H and O–H groups in total. The Balaban J connectivity index is 1.78. The predicted octanol–water partition coefficient (Wildman–Crippen LogP) is 2.87. The van der Waals surface area contributed by atoms with Crippen LogP contribution in [0.15, 0.2) is 30.3 Å². The molecule has 6 nitrogen and oxygen atoms in total. The van der Waals surface area contributed by atoms with Gasteiger partial charge in [-0.05, 0) is 32.5 Å². The van der Waals surface area contributed by atoms with E-state index in [1.165, 1.54) is 0 Å². The molecule has 6 heteroatoms. The minimum absolute atomic E-state index is 0.0528. The van der Waals surface area contributed by atoms with Gasteiger partial charge in [-0.1, -0.05) is 19.1 Å². The van der Waals surface area contributed by atoms with Gasteiger partial charge in [0.2, 0.25) is 0 Å². The molecule has 1 aliphatic heterocycles. The fourth-order valence-electron chi connectivity index (χ4n) is 3.03. The van der Waals surface area contributed by atoms with Gasteiger partial charge in [0.15, 0.2) is 5.78 Å². The van der Waals surface area contributed by atoms with Crippen molar-refractivity contribution >= 4 is 23.1 Å². The normalized spacial score (nSPS) is 15.2. The second-order valence-corrected chi connectivity index (χ2v) is 6.34. The molecule has 0 aliphatic carbocycles. The summed E-state index contributed by atoms with van der Waals surface area (Å²) in [5, 5.41) is 3.30. The van der Waals surface area contributed by atoms with E-state index in [9.17, 15) is 4.79 Å². The molecule has 132 valence electrons. The molecule has 1 saturated heterocycles. The van der Waals surface area contributed by atoms with Crippen molar-refractivity contribution in [2.75, 3.05) is 42.9 Å². The first-order valence-corrected chi connectivity index (χ1v) is 8.76. The lowest BCUT2D eigenvalue weighted by atomic mass is 10.1. The Bertz CT molecular complexity index is 753. The highest BCUT2D eigenvalue weighted by atomic mass is 16.1. The average Bonchev–Trinajstić information content (AvgIpc) is 2.61. The first kappa shape index (κ1) is 17.4. The lowest BCUT2D eigenvalue weighted by Crippen LogP contribution is -2.46. The Morgan fingerprint density at radius 3 is 2.60 bits per heavy atom. The second kappa shape index (κ2) is 7.61. The zero-order valence-corrected chi connectivity index (χ0v) is 15.1. The monoisotopic (exact) mass is 339 g/mol. The summed E-state index contributed by atoms with van der Waals surface area (Å²) in [6.07, 6.45) is 0. The molecule has 0 radical (unpaired) electrons. The van der Waals surface area contributed by atoms with Crippen molar-refractivity contribution in [2.24, 2.45) is 0 Å². The summed E-state index contributed by atoms with van der Waals surface area (Å²) in [5.74, 6) is 2.49. The number of carbonyl (C=O) groups excluding carboxylic acids is 1. The minimum Gasteiger partial charge on any atom is -0.354 e. The number of hydrogen-bond donors (Lipinski definition) is 1. The van der Waals surface area contributed by atoms with E-state index >= 15 is 0 Å². The van der Waals surface area contributed by atoms with E-state index in [0.29, 0.717) is 5.56 Å². The summed E-state index contributed by atoms with van der Waals surface area (Å²) in [5.41, 5.74) is 1.54. The number of anilines is 3. The number of hydrogen-bond acceptors (Lipinski definition) is 6. The van der Waals surface area contributed by atoms with E-state index in [1.807, 2.05) is 37.3 Å². The molecule has 0 bridgehead atoms. The Labute approximate surface area is 148 Å². The number of nitrogens with one attached hydrogen (secondary N) is 1. The van der Waals surface area contributed by atoms with E-state index in [1.54, 1.807) is 6.92 Å². The van der Waals surface area contributed by atoms with Gasteiger partial charge in [-0.3, -0.25) is 4.79 Å². The third-order valence-electron chi connectivity index (χ3n) is 4.51. The molecule has 1 fully saturated rings. The van der Waals surface area contributed by atoms with Crippen LogP contribution in [-0.2, 0) is 0 Å². The predicted molar refractivity (Wildman–Crippen MR) is 101 cm³/mol. The van der Waals surface area contributed by atoms with Crippen molar-refractivity contribution in [2.45, 2.75) is 20.8 Å². The Morgan fingerprint density at radius 1 is 1.16 bits per heavy atom. The van der Waals surface area contributed by atoms with Gasteiger partial charge in [-0.15, -0.1) is 0 Å². The van der Waals surface area contributed by atoms with E-state index in [-0.39, 0.29) is 5.78 Å². The number of piperazine rings is 1. The SMILES string of the molecule is CCN1CCN(c2cc(Nc3cccc(C(C)=O)c3)nc(C)n2)CC1. The molecule has 0 spiro atoms. The van der Waals surface area contributed by atoms with Crippen LogP contribution in [0.4, 0.5) is 17.3 Å². The van der Waals surface area contributed by atoms with E-state index < -0.39 is 0 Å². The first-order chi connectivity index (χ1) is 12.0. The zero-order valence-electron chi connectivity index (χ0n) is 15.1. The van der Waals surface area contributed by atoms with Crippen molar-refractivity contribution in [3.05, 3.63) is 41.7 Å². The average molecular weight is 339 g/mol. The molecule has 25 heavy (non-hydrogen) atoms. The molecule has 1 aromatic heterocycles. The number of ketones is 1. The van der Waals surface area contributed by atoms with Crippen LogP contribution in [0.5, 0.6) is 0 Å². The van der Waals surface area contributed by atoms with Crippen molar-refractivity contribution in [1.82, 2.24) is 14.9 Å². The molecule has 0 amide bonds. The molecule has 2 aromatic rings. The molecule has 3 rings (SSSR count). The highest BCUT2D eigenvalue weighted by Gasteiger charge is 2.17. The summed E-state index contributed by atoms with van der Waals surface area (Å²) in [4.78, 5) is 25.4. The number of likely N-dealkylation sites (N-methyl/N-ethyl adjacent to an activating group) is 1. The third-order valence-corrected chi connectivity index (χ3v) is 4.51. The molecule has 1 aliphatic rings. The van der Waals surface area contributed by atoms with E-state index in [2.05, 4.69) is 32.0 Å². The van der Waals surface area contributed by atoms with Crippen LogP contribution in [0.25, 0.3) is 0 Å². The molecule has 0 saturated carbocycles. The number of carbonyl (C=O) groups is 1. The first-order valence-electron chi connectivity index (χ1n) is 8.76. The van der Waals surface area contributed by atoms with Crippen LogP contribution in [0.2, 0.25) is 0 Å². The lowest BCUT2D eigenvalue weighted by molar-refractivity contribution is 0.101. The van der Waals surface area contributed by atoms with Crippen molar-refractivity contribution in [3.8, 4) is 0 Å². The Hall–Kier alpha value is -2.47. The molecule has 1 aromatic carbocycles. The Kier molecular flexibility index (Phi) is 5.28. The van der Waals surface area contributed by atoms with Crippen molar-refractivity contribution in [1.29, 1.82) is 0 Å². The number of aromatic nitrogens is 2. The fraction of sp³-hybridized carbons (Fsp3) is 0.421. The van der Waals surface area contributed by atoms with Gasteiger partial charge < -0.3 is 15.1 Å². The maximum absolute atomic E-state index is 11.6. The quantitative estimate of drug-likeness (QED) is 0.845. The second-order valence-electron chi connectivity index (χ2n) is 6.34. The highest BCUT2D eigenvalue weighted by Crippen LogP contribution is 2.21. The van der Waals surface area contributed by atoms with Crippen LogP contribution < -0.4 is 10.2 Å². The van der Waals surface area contributed by atoms with Gasteiger partial charge in [0.1, 0.15) is 17.5 Å². The van der Waals surface area contributed by atoms with Crippen molar-refractivity contribution in [3.63, 3.8) is 0 Å². The molecule has 0 unspecified atom stereocenters. The minimum atomic E-state index is 0.0528. The Morgan fingerprint density at radius 2 is 1.92 bits per heavy atom. The van der Waals surface area contributed by atoms with Crippen molar-refractivity contribution < 1.29 is 4.79 Å². The molecule has 0 atom stereocenters. The maximum atomic E-state index is 11.6. The van der Waals surface area contributed by atoms with Gasteiger partial charge in [0.25, 0.3) is 0 Å². The van der Waals surface area contributed by atoms with Gasteiger partial charge in [0.05, 0.1) is 0 Å². The van der Waals surface area contributed by atoms with Crippen LogP contribution in [0, 0.1) is 6.92 Å². The summed E-state index contributed by atoms with van der Waals surface area (Å²) in [7, 11) is 0. The van der Waals surface area contributed by atoms with E-state index in [0.717, 1.165) is 55.9 Å². The molecular formula is C19H25N5O. The van der Waals surface area contributed by atoms with Crippen LogP contribution in [-0.4, -0.2) is 53.4 Å². The summed E-state index contributed by atoms with van der Waals surface area (Å²) >= 11 is 0. The zero-order chi connectivity index (χ0) is 17.8. The summed E-state index contributed by atoms with van der Waals surface area (Å²) in [6, 6.07) is 9.45. The summed E-state index contributed by atoms with van der Waals surface area (Å²) in [6.45, 7) is 10.8. The third kappa shape index (κ3) is 4.33. The van der Waals surface area contributed by atoms with Gasteiger partial charge in [-0.2, -0.15) is 0 Å². The van der Waals surface area contributed by atoms with E-state index in [4.69, 9.17) is 0 Å².